The maximum Gasteiger partial charge on any atom is 0.261 e. The summed E-state index contributed by atoms with van der Waals surface area (Å²) in [7, 11) is 0. The smallest absolute Gasteiger partial charge is 0.261 e. The Labute approximate surface area is 154 Å². The monoisotopic (exact) mass is 370 g/mol. The minimum atomic E-state index is -0.0252. The van der Waals surface area contributed by atoms with Gasteiger partial charge in [-0.25, -0.2) is 0 Å². The number of fused-ring (bicyclic) bond motifs is 1. The Morgan fingerprint density at radius 3 is 2.64 bits per heavy atom. The lowest BCUT2D eigenvalue weighted by molar-refractivity contribution is 0.439. The maximum atomic E-state index is 12.9. The van der Waals surface area contributed by atoms with Gasteiger partial charge in [0.2, 0.25) is 5.88 Å². The second kappa shape index (κ2) is 6.94. The first-order valence-corrected chi connectivity index (χ1v) is 9.31. The molecular weight excluding hydrogens is 356 g/mol. The Hall–Kier alpha value is -2.24. The van der Waals surface area contributed by atoms with Gasteiger partial charge in [0, 0.05) is 23.7 Å². The summed E-state index contributed by atoms with van der Waals surface area (Å²) in [6.07, 6.45) is 0.487. The summed E-state index contributed by atoms with van der Waals surface area (Å²) >= 11 is 7.50. The molecule has 2 heterocycles. The van der Waals surface area contributed by atoms with Crippen molar-refractivity contribution in [2.45, 2.75) is 18.1 Å². The van der Waals surface area contributed by atoms with Crippen molar-refractivity contribution in [3.63, 3.8) is 0 Å². The summed E-state index contributed by atoms with van der Waals surface area (Å²) < 4.78 is 7.68. The number of nitrogens with zero attached hydrogens (tertiary/aromatic N) is 2. The Morgan fingerprint density at radius 1 is 1.12 bits per heavy atom. The molecule has 1 aliphatic rings. The molecule has 0 fully saturated rings. The minimum Gasteiger partial charge on any atom is -0.438 e. The van der Waals surface area contributed by atoms with Crippen molar-refractivity contribution >= 4 is 23.4 Å². The van der Waals surface area contributed by atoms with Crippen LogP contribution in [0.5, 0.6) is 11.6 Å². The lowest BCUT2D eigenvalue weighted by Gasteiger charge is -2.12. The molecule has 4 rings (SSSR count). The summed E-state index contributed by atoms with van der Waals surface area (Å²) in [4.78, 5) is 17.5. The molecule has 0 N–H and O–H groups in total. The van der Waals surface area contributed by atoms with Crippen LogP contribution in [0.4, 0.5) is 0 Å². The second-order valence-electron chi connectivity index (χ2n) is 5.70. The largest absolute Gasteiger partial charge is 0.438 e. The second-order valence-corrected chi connectivity index (χ2v) is 7.20. The van der Waals surface area contributed by atoms with Gasteiger partial charge in [-0.2, -0.15) is 4.98 Å². The van der Waals surface area contributed by atoms with E-state index in [1.165, 1.54) is 0 Å². The van der Waals surface area contributed by atoms with Crippen LogP contribution in [0.2, 0.25) is 5.02 Å². The van der Waals surface area contributed by atoms with Gasteiger partial charge in [0.05, 0.1) is 5.56 Å². The Morgan fingerprint density at radius 2 is 1.88 bits per heavy atom. The molecule has 0 spiro atoms. The van der Waals surface area contributed by atoms with E-state index in [0.717, 1.165) is 11.3 Å². The van der Waals surface area contributed by atoms with E-state index in [0.29, 0.717) is 40.3 Å². The van der Waals surface area contributed by atoms with Gasteiger partial charge < -0.3 is 4.74 Å². The van der Waals surface area contributed by atoms with Crippen LogP contribution < -0.4 is 10.3 Å². The van der Waals surface area contributed by atoms with Crippen LogP contribution in [0.3, 0.4) is 0 Å². The summed E-state index contributed by atoms with van der Waals surface area (Å²) in [5, 5.41) is 1.35. The molecule has 3 aromatic rings. The molecule has 0 saturated carbocycles. The van der Waals surface area contributed by atoms with Gasteiger partial charge in [-0.1, -0.05) is 53.7 Å². The minimum absolute atomic E-state index is 0.0252. The summed E-state index contributed by atoms with van der Waals surface area (Å²) in [6, 6.07) is 16.9. The van der Waals surface area contributed by atoms with E-state index < -0.39 is 0 Å². The predicted molar refractivity (Wildman–Crippen MR) is 100.0 cm³/mol. The van der Waals surface area contributed by atoms with E-state index in [2.05, 4.69) is 4.98 Å². The third kappa shape index (κ3) is 3.43. The molecular formula is C19H15ClN2O2S. The van der Waals surface area contributed by atoms with Gasteiger partial charge in [0.1, 0.15) is 5.75 Å². The zero-order valence-corrected chi connectivity index (χ0v) is 14.9. The molecule has 0 unspecified atom stereocenters. The van der Waals surface area contributed by atoms with Crippen molar-refractivity contribution in [2.75, 3.05) is 5.75 Å². The first kappa shape index (κ1) is 16.2. The molecule has 0 aliphatic carbocycles. The van der Waals surface area contributed by atoms with Gasteiger partial charge in [-0.3, -0.25) is 9.36 Å². The van der Waals surface area contributed by atoms with Crippen LogP contribution in [-0.2, 0) is 13.0 Å². The van der Waals surface area contributed by atoms with Crippen molar-refractivity contribution in [1.29, 1.82) is 0 Å². The number of thioether (sulfide) groups is 1. The highest BCUT2D eigenvalue weighted by atomic mass is 35.5. The predicted octanol–water partition coefficient (Wildman–Crippen LogP) is 4.39. The molecule has 126 valence electrons. The van der Waals surface area contributed by atoms with E-state index in [9.17, 15) is 4.79 Å². The van der Waals surface area contributed by atoms with Gasteiger partial charge in [-0.15, -0.1) is 0 Å². The maximum absolute atomic E-state index is 12.9. The van der Waals surface area contributed by atoms with Gasteiger partial charge in [0.15, 0.2) is 5.16 Å². The molecule has 6 heteroatoms. The molecule has 4 nitrogen and oxygen atoms in total. The van der Waals surface area contributed by atoms with Crippen molar-refractivity contribution in [1.82, 2.24) is 9.55 Å². The van der Waals surface area contributed by atoms with Gasteiger partial charge >= 0.3 is 0 Å². The quantitative estimate of drug-likeness (QED) is 0.639. The van der Waals surface area contributed by atoms with Crippen LogP contribution in [0.25, 0.3) is 0 Å². The topological polar surface area (TPSA) is 44.1 Å². The normalized spacial score (nSPS) is 12.8. The number of rotatable bonds is 4. The zero-order chi connectivity index (χ0) is 17.2. The Kier molecular flexibility index (Phi) is 4.51. The third-order valence-electron chi connectivity index (χ3n) is 3.99. The van der Waals surface area contributed by atoms with E-state index in [-0.39, 0.29) is 5.56 Å². The van der Waals surface area contributed by atoms with Crippen molar-refractivity contribution in [3.05, 3.63) is 81.1 Å². The Bertz CT molecular complexity index is 956. The number of ether oxygens (including phenoxy) is 1. The molecule has 1 aromatic heterocycles. The molecule has 0 radical (unpaired) electrons. The summed E-state index contributed by atoms with van der Waals surface area (Å²) in [5.41, 5.74) is 1.60. The lowest BCUT2D eigenvalue weighted by atomic mass is 10.1. The van der Waals surface area contributed by atoms with Gasteiger partial charge in [0.25, 0.3) is 5.56 Å². The average Bonchev–Trinajstić information content (AvgIpc) is 3.10. The number of benzene rings is 2. The first-order valence-electron chi connectivity index (χ1n) is 7.94. The molecule has 2 aromatic carbocycles. The molecule has 0 bridgehead atoms. The molecule has 1 aliphatic heterocycles. The van der Waals surface area contributed by atoms with E-state index >= 15 is 0 Å². The molecule has 25 heavy (non-hydrogen) atoms. The van der Waals surface area contributed by atoms with Crippen LogP contribution in [0, 0.1) is 0 Å². The fourth-order valence-electron chi connectivity index (χ4n) is 2.74. The highest BCUT2D eigenvalue weighted by Crippen LogP contribution is 2.29. The highest BCUT2D eigenvalue weighted by molar-refractivity contribution is 7.99. The Balaban J connectivity index is 1.77. The fourth-order valence-corrected chi connectivity index (χ4v) is 3.80. The van der Waals surface area contributed by atoms with E-state index in [1.54, 1.807) is 40.6 Å². The lowest BCUT2D eigenvalue weighted by Crippen LogP contribution is -2.25. The van der Waals surface area contributed by atoms with Crippen LogP contribution >= 0.6 is 23.4 Å². The third-order valence-corrected chi connectivity index (χ3v) is 5.20. The number of halogens is 1. The van der Waals surface area contributed by atoms with Crippen LogP contribution in [0.15, 0.2) is 64.5 Å². The van der Waals surface area contributed by atoms with Crippen molar-refractivity contribution in [2.24, 2.45) is 0 Å². The fraction of sp³-hybridized carbons (Fsp3) is 0.158. The molecule has 0 saturated heterocycles. The SMILES string of the molecule is O=c1c(Cc2ccccc2)c(Oc2ccc(Cl)cc2)nc2n1CCS2. The van der Waals surface area contributed by atoms with Crippen molar-refractivity contribution < 1.29 is 4.74 Å². The van der Waals surface area contributed by atoms with Crippen LogP contribution in [-0.4, -0.2) is 15.3 Å². The van der Waals surface area contributed by atoms with Crippen LogP contribution in [0.1, 0.15) is 11.1 Å². The standard InChI is InChI=1S/C19H15ClN2O2S/c20-14-6-8-15(9-7-14)24-17-16(12-13-4-2-1-3-5-13)18(23)22-10-11-25-19(22)21-17/h1-9H,10-12H2. The summed E-state index contributed by atoms with van der Waals surface area (Å²) in [5.74, 6) is 1.84. The number of aromatic nitrogens is 2. The number of hydrogen-bond acceptors (Lipinski definition) is 4. The van der Waals surface area contributed by atoms with Crippen molar-refractivity contribution in [3.8, 4) is 11.6 Å². The molecule has 0 atom stereocenters. The average molecular weight is 371 g/mol. The molecule has 0 amide bonds. The van der Waals surface area contributed by atoms with E-state index in [1.807, 2.05) is 30.3 Å². The first-order chi connectivity index (χ1) is 12.2. The number of hydrogen-bond donors (Lipinski definition) is 0. The highest BCUT2D eigenvalue weighted by Gasteiger charge is 2.22. The zero-order valence-electron chi connectivity index (χ0n) is 13.3. The summed E-state index contributed by atoms with van der Waals surface area (Å²) in [6.45, 7) is 0.689. The van der Waals surface area contributed by atoms with E-state index in [4.69, 9.17) is 16.3 Å². The van der Waals surface area contributed by atoms with Gasteiger partial charge in [-0.05, 0) is 29.8 Å².